The molecular formula is C20H26N2O3. The number of carbonyl (C=O) groups excluding carboxylic acids is 2. The topological polar surface area (TPSA) is 69.6 Å². The van der Waals surface area contributed by atoms with Crippen LogP contribution in [0.4, 0.5) is 0 Å². The number of aryl methyl sites for hydroxylation is 1. The van der Waals surface area contributed by atoms with Gasteiger partial charge in [-0.15, -0.1) is 6.42 Å². The van der Waals surface area contributed by atoms with Crippen LogP contribution in [-0.2, 0) is 16.0 Å². The fourth-order valence-electron chi connectivity index (χ4n) is 3.11. The van der Waals surface area contributed by atoms with Crippen LogP contribution in [0.3, 0.4) is 0 Å². The molecule has 5 heteroatoms. The van der Waals surface area contributed by atoms with Crippen molar-refractivity contribution in [3.05, 3.63) is 35.9 Å². The van der Waals surface area contributed by atoms with E-state index < -0.39 is 5.60 Å². The van der Waals surface area contributed by atoms with Crippen LogP contribution in [0.5, 0.6) is 0 Å². The molecule has 0 aromatic heterocycles. The van der Waals surface area contributed by atoms with Gasteiger partial charge in [0, 0.05) is 19.0 Å². The van der Waals surface area contributed by atoms with Crippen molar-refractivity contribution in [3.63, 3.8) is 0 Å². The van der Waals surface area contributed by atoms with Crippen LogP contribution in [0, 0.1) is 18.3 Å². The third-order valence-electron chi connectivity index (χ3n) is 4.72. The maximum atomic E-state index is 12.6. The van der Waals surface area contributed by atoms with Gasteiger partial charge in [-0.25, -0.2) is 0 Å². The van der Waals surface area contributed by atoms with Crippen LogP contribution < -0.4 is 5.32 Å². The minimum atomic E-state index is -1.39. The summed E-state index contributed by atoms with van der Waals surface area (Å²) >= 11 is 0. The van der Waals surface area contributed by atoms with E-state index in [1.807, 2.05) is 30.3 Å². The number of nitrogens with zero attached hydrogens (tertiary/aromatic N) is 1. The summed E-state index contributed by atoms with van der Waals surface area (Å²) in [7, 11) is 0. The van der Waals surface area contributed by atoms with Gasteiger partial charge in [-0.1, -0.05) is 36.3 Å². The van der Waals surface area contributed by atoms with E-state index in [0.717, 1.165) is 5.56 Å². The lowest BCUT2D eigenvalue weighted by Gasteiger charge is -2.35. The fraction of sp³-hybridized carbons (Fsp3) is 0.500. The maximum absolute atomic E-state index is 12.6. The van der Waals surface area contributed by atoms with Gasteiger partial charge in [-0.05, 0) is 38.2 Å². The largest absolute Gasteiger partial charge is 0.380 e. The predicted molar refractivity (Wildman–Crippen MR) is 96.5 cm³/mol. The van der Waals surface area contributed by atoms with E-state index in [0.29, 0.717) is 38.8 Å². The second-order valence-electron chi connectivity index (χ2n) is 6.75. The molecule has 2 rings (SSSR count). The van der Waals surface area contributed by atoms with Gasteiger partial charge in [0.25, 0.3) is 5.91 Å². The third-order valence-corrected chi connectivity index (χ3v) is 4.72. The second kappa shape index (κ2) is 8.68. The molecule has 1 aromatic carbocycles. The van der Waals surface area contributed by atoms with Crippen molar-refractivity contribution in [2.45, 2.75) is 38.2 Å². The van der Waals surface area contributed by atoms with E-state index in [2.05, 4.69) is 11.2 Å². The molecular weight excluding hydrogens is 316 g/mol. The van der Waals surface area contributed by atoms with Crippen molar-refractivity contribution in [3.8, 4) is 12.3 Å². The van der Waals surface area contributed by atoms with Gasteiger partial charge in [0.2, 0.25) is 5.91 Å². The number of likely N-dealkylation sites (tertiary alicyclic amines) is 1. The molecule has 0 spiro atoms. The van der Waals surface area contributed by atoms with Crippen molar-refractivity contribution >= 4 is 11.8 Å². The predicted octanol–water partition coefficient (Wildman–Crippen LogP) is 1.36. The molecule has 0 bridgehead atoms. The highest BCUT2D eigenvalue weighted by Gasteiger charge is 2.36. The Morgan fingerprint density at radius 1 is 1.32 bits per heavy atom. The highest BCUT2D eigenvalue weighted by Crippen LogP contribution is 2.23. The SMILES string of the molecule is C#CCNC(=O)C1CCN(C(=O)C(C)(O)CCc2ccccc2)CC1. The summed E-state index contributed by atoms with van der Waals surface area (Å²) in [5, 5.41) is 13.3. The summed E-state index contributed by atoms with van der Waals surface area (Å²) in [6.07, 6.45) is 7.35. The van der Waals surface area contributed by atoms with E-state index in [-0.39, 0.29) is 24.3 Å². The molecule has 25 heavy (non-hydrogen) atoms. The Kier molecular flexibility index (Phi) is 6.60. The first-order chi connectivity index (χ1) is 11.9. The number of hydrogen-bond donors (Lipinski definition) is 2. The van der Waals surface area contributed by atoms with Gasteiger partial charge in [0.15, 0.2) is 0 Å². The highest BCUT2D eigenvalue weighted by atomic mass is 16.3. The molecule has 1 unspecified atom stereocenters. The molecule has 2 amide bonds. The number of hydrogen-bond acceptors (Lipinski definition) is 3. The minimum absolute atomic E-state index is 0.0547. The summed E-state index contributed by atoms with van der Waals surface area (Å²) in [5.74, 6) is 1.95. The average Bonchev–Trinajstić information content (AvgIpc) is 2.65. The Bertz CT molecular complexity index is 626. The Balaban J connectivity index is 1.84. The van der Waals surface area contributed by atoms with Gasteiger partial charge in [0.1, 0.15) is 5.60 Å². The molecule has 1 aliphatic rings. The van der Waals surface area contributed by atoms with Crippen LogP contribution in [0.1, 0.15) is 31.7 Å². The first-order valence-electron chi connectivity index (χ1n) is 8.71. The zero-order chi connectivity index (χ0) is 18.3. The molecule has 1 fully saturated rings. The van der Waals surface area contributed by atoms with Gasteiger partial charge in [0.05, 0.1) is 6.54 Å². The number of amides is 2. The highest BCUT2D eigenvalue weighted by molar-refractivity contribution is 5.85. The molecule has 5 nitrogen and oxygen atoms in total. The number of rotatable bonds is 6. The van der Waals surface area contributed by atoms with E-state index in [9.17, 15) is 14.7 Å². The van der Waals surface area contributed by atoms with Gasteiger partial charge in [-0.3, -0.25) is 9.59 Å². The number of terminal acetylenes is 1. The van der Waals surface area contributed by atoms with Crippen molar-refractivity contribution in [1.82, 2.24) is 10.2 Å². The Labute approximate surface area is 149 Å². The van der Waals surface area contributed by atoms with Crippen LogP contribution >= 0.6 is 0 Å². The number of aliphatic hydroxyl groups is 1. The Hall–Kier alpha value is -2.32. The van der Waals surface area contributed by atoms with Crippen molar-refractivity contribution in [2.75, 3.05) is 19.6 Å². The molecule has 1 heterocycles. The summed E-state index contributed by atoms with van der Waals surface area (Å²) in [5.41, 5.74) is -0.298. The van der Waals surface area contributed by atoms with Crippen molar-refractivity contribution in [1.29, 1.82) is 0 Å². The third kappa shape index (κ3) is 5.33. The average molecular weight is 342 g/mol. The monoisotopic (exact) mass is 342 g/mol. The van der Waals surface area contributed by atoms with E-state index >= 15 is 0 Å². The van der Waals surface area contributed by atoms with Gasteiger partial charge in [-0.2, -0.15) is 0 Å². The quantitative estimate of drug-likeness (QED) is 0.767. The Morgan fingerprint density at radius 2 is 1.96 bits per heavy atom. The number of benzene rings is 1. The lowest BCUT2D eigenvalue weighted by molar-refractivity contribution is -0.152. The Morgan fingerprint density at radius 3 is 2.56 bits per heavy atom. The molecule has 0 aliphatic carbocycles. The smallest absolute Gasteiger partial charge is 0.254 e. The van der Waals surface area contributed by atoms with Crippen molar-refractivity contribution < 1.29 is 14.7 Å². The maximum Gasteiger partial charge on any atom is 0.254 e. The lowest BCUT2D eigenvalue weighted by atomic mass is 9.91. The fourth-order valence-corrected chi connectivity index (χ4v) is 3.11. The van der Waals surface area contributed by atoms with Crippen LogP contribution in [0.2, 0.25) is 0 Å². The second-order valence-corrected chi connectivity index (χ2v) is 6.75. The molecule has 1 atom stereocenters. The van der Waals surface area contributed by atoms with E-state index in [1.54, 1.807) is 11.8 Å². The summed E-state index contributed by atoms with van der Waals surface area (Å²) in [4.78, 5) is 26.2. The van der Waals surface area contributed by atoms with Crippen LogP contribution in [-0.4, -0.2) is 47.1 Å². The summed E-state index contributed by atoms with van der Waals surface area (Å²) < 4.78 is 0. The van der Waals surface area contributed by atoms with E-state index in [1.165, 1.54) is 0 Å². The van der Waals surface area contributed by atoms with Crippen LogP contribution in [0.25, 0.3) is 0 Å². The molecule has 2 N–H and O–H groups in total. The standard InChI is InChI=1S/C20H26N2O3/c1-3-13-21-18(23)17-10-14-22(15-11-17)19(24)20(2,25)12-9-16-7-5-4-6-8-16/h1,4-8,17,25H,9-15H2,2H3,(H,21,23). The van der Waals surface area contributed by atoms with Gasteiger partial charge < -0.3 is 15.3 Å². The van der Waals surface area contributed by atoms with Gasteiger partial charge >= 0.3 is 0 Å². The number of piperidine rings is 1. The normalized spacial score (nSPS) is 17.4. The first-order valence-corrected chi connectivity index (χ1v) is 8.71. The molecule has 0 radical (unpaired) electrons. The first kappa shape index (κ1) is 19.0. The van der Waals surface area contributed by atoms with E-state index in [4.69, 9.17) is 6.42 Å². The minimum Gasteiger partial charge on any atom is -0.380 e. The van der Waals surface area contributed by atoms with Crippen molar-refractivity contribution in [2.24, 2.45) is 5.92 Å². The molecule has 1 aliphatic heterocycles. The number of nitrogens with one attached hydrogen (secondary N) is 1. The summed E-state index contributed by atoms with van der Waals surface area (Å²) in [6, 6.07) is 9.81. The molecule has 0 saturated carbocycles. The zero-order valence-electron chi connectivity index (χ0n) is 14.7. The van der Waals surface area contributed by atoms with Crippen LogP contribution in [0.15, 0.2) is 30.3 Å². The summed E-state index contributed by atoms with van der Waals surface area (Å²) in [6.45, 7) is 2.76. The molecule has 1 aromatic rings. The molecule has 1 saturated heterocycles. The molecule has 134 valence electrons. The zero-order valence-corrected chi connectivity index (χ0v) is 14.7. The lowest BCUT2D eigenvalue weighted by Crippen LogP contribution is -2.51. The number of carbonyl (C=O) groups is 2.